The number of oxime groups is 1. The van der Waals surface area contributed by atoms with E-state index in [-0.39, 0.29) is 40.9 Å². The maximum absolute atomic E-state index is 13.9. The van der Waals surface area contributed by atoms with Gasteiger partial charge in [0, 0.05) is 49.0 Å². The van der Waals surface area contributed by atoms with Gasteiger partial charge in [0.05, 0.1) is 31.9 Å². The van der Waals surface area contributed by atoms with Crippen LogP contribution in [0.4, 0.5) is 9.52 Å². The van der Waals surface area contributed by atoms with Crippen LogP contribution in [-0.2, 0) is 24.0 Å². The predicted octanol–water partition coefficient (Wildman–Crippen LogP) is 0.270. The van der Waals surface area contributed by atoms with Crippen LogP contribution in [0.5, 0.6) is 11.5 Å². The molecule has 2 saturated heterocycles. The predicted molar refractivity (Wildman–Crippen MR) is 183 cm³/mol. The van der Waals surface area contributed by atoms with E-state index >= 15 is 0 Å². The second kappa shape index (κ2) is 14.7. The number of nitrogens with one attached hydrogen (secondary N) is 3. The molecule has 7 N–H and O–H groups in total. The monoisotopic (exact) mass is 760 g/mol. The summed E-state index contributed by atoms with van der Waals surface area (Å²) in [6.07, 6.45) is 1.89. The van der Waals surface area contributed by atoms with Crippen molar-refractivity contribution in [1.29, 1.82) is 0 Å². The number of anilines is 1. The van der Waals surface area contributed by atoms with E-state index in [1.807, 2.05) is 0 Å². The number of tetrazole rings is 1. The van der Waals surface area contributed by atoms with Gasteiger partial charge in [0.15, 0.2) is 34.0 Å². The van der Waals surface area contributed by atoms with Crippen LogP contribution in [0.25, 0.3) is 5.70 Å². The zero-order valence-corrected chi connectivity index (χ0v) is 29.5. The van der Waals surface area contributed by atoms with Crippen LogP contribution in [0.1, 0.15) is 48.6 Å². The van der Waals surface area contributed by atoms with E-state index in [1.54, 1.807) is 4.90 Å². The maximum atomic E-state index is 13.9. The summed E-state index contributed by atoms with van der Waals surface area (Å²) in [5.41, 5.74) is 6.87. The number of carbonyl (C=O) groups excluding carboxylic acids is 4. The second-order valence-electron chi connectivity index (χ2n) is 12.7. The number of phenols is 2. The minimum absolute atomic E-state index is 0.0987. The Hall–Kier alpha value is -5.35. The van der Waals surface area contributed by atoms with Crippen molar-refractivity contribution < 1.29 is 47.8 Å². The molecule has 2 atom stereocenters. The normalized spacial score (nSPS) is 19.9. The summed E-state index contributed by atoms with van der Waals surface area (Å²) >= 11 is 2.52. The average molecular weight is 761 g/mol. The average Bonchev–Trinajstić information content (AvgIpc) is 3.89. The third-order valence-electron chi connectivity index (χ3n) is 8.79. The number of phenolic OH excluding ortho intramolecular Hbond substituents is 2. The van der Waals surface area contributed by atoms with Gasteiger partial charge < -0.3 is 40.6 Å². The molecule has 2 fully saturated rings. The number of halogens is 1. The third-order valence-corrected chi connectivity index (χ3v) is 10.8. The first-order valence-electron chi connectivity index (χ1n) is 16.0. The Kier molecular flexibility index (Phi) is 10.3. The summed E-state index contributed by atoms with van der Waals surface area (Å²) in [7, 11) is 0. The van der Waals surface area contributed by atoms with Crippen LogP contribution in [0.3, 0.4) is 0 Å². The molecular formula is C30H35FN11O8S2+. The number of fused-ring (bicyclic) bond motifs is 1. The number of aromatic hydroxyl groups is 2. The second-order valence-corrected chi connectivity index (χ2v) is 14.7. The summed E-state index contributed by atoms with van der Waals surface area (Å²) in [4.78, 5) is 62.0. The number of thiazole rings is 1. The maximum Gasteiger partial charge on any atom is 0.296 e. The third kappa shape index (κ3) is 7.48. The van der Waals surface area contributed by atoms with Crippen LogP contribution in [0.15, 0.2) is 28.2 Å². The SMILES string of the molecule is CC(C)(OC=O)O/N=C(\C(=O)N[C@@H]1C(=O)N2C(c3nnn[nH]3)=C(C[N+]3(CCNC(=O)c4cc(O)c(O)c(F)c4)CCCC3)CS[C@H]12)c1csc(N)n1. The Labute approximate surface area is 303 Å². The number of rotatable bonds is 14. The van der Waals surface area contributed by atoms with Crippen molar-refractivity contribution in [3.05, 3.63) is 46.0 Å². The molecule has 0 bridgehead atoms. The van der Waals surface area contributed by atoms with Crippen molar-refractivity contribution in [3.8, 4) is 11.5 Å². The fourth-order valence-corrected chi connectivity index (χ4v) is 8.17. The molecule has 3 aromatic rings. The van der Waals surface area contributed by atoms with Gasteiger partial charge in [-0.3, -0.25) is 24.1 Å². The number of benzene rings is 1. The van der Waals surface area contributed by atoms with Crippen LogP contribution >= 0.6 is 23.1 Å². The smallest absolute Gasteiger partial charge is 0.296 e. The molecule has 19 nitrogen and oxygen atoms in total. The summed E-state index contributed by atoms with van der Waals surface area (Å²) < 4.78 is 19.4. The van der Waals surface area contributed by atoms with Gasteiger partial charge in [-0.1, -0.05) is 5.16 Å². The minimum Gasteiger partial charge on any atom is -0.504 e. The van der Waals surface area contributed by atoms with Crippen molar-refractivity contribution in [1.82, 2.24) is 41.1 Å². The first kappa shape index (κ1) is 36.4. The molecule has 3 amide bonds. The van der Waals surface area contributed by atoms with E-state index in [0.717, 1.165) is 55.0 Å². The first-order valence-corrected chi connectivity index (χ1v) is 17.9. The van der Waals surface area contributed by atoms with Crippen LogP contribution in [0.2, 0.25) is 0 Å². The number of aromatic amines is 1. The summed E-state index contributed by atoms with van der Waals surface area (Å²) in [5, 5.41) is 44.1. The topological polar surface area (TPSA) is 260 Å². The van der Waals surface area contributed by atoms with Gasteiger partial charge in [0.1, 0.15) is 23.7 Å². The molecule has 0 radical (unpaired) electrons. The number of nitrogen functional groups attached to an aromatic ring is 1. The van der Waals surface area contributed by atoms with E-state index in [1.165, 1.54) is 31.0 Å². The lowest BCUT2D eigenvalue weighted by molar-refractivity contribution is -0.911. The standard InChI is InChI=1S/C30H34FN11O8S2/c1-30(2,49-14-43)50-38-20(18-13-52-29(32)34-18)26(47)35-21-27(48)41-22(24-36-39-40-37-24)16(12-51-28(21)41)11-42(6-3-4-7-42)8-5-33-25(46)15-9-17(31)23(45)19(44)10-15/h9-10,13-14,21,28H,3-8,11-12H2,1-2H3,(H6-,32,33,34,35,36,37,38,39,40,44,45,46,47)/p+1/t21-,28-/m1/s1. The Bertz CT molecular complexity index is 1910. The van der Waals surface area contributed by atoms with Crippen LogP contribution < -0.4 is 16.4 Å². The molecule has 52 heavy (non-hydrogen) atoms. The molecular weight excluding hydrogens is 726 g/mol. The number of ether oxygens (including phenoxy) is 1. The summed E-state index contributed by atoms with van der Waals surface area (Å²) in [5.74, 6) is -5.31. The van der Waals surface area contributed by atoms with Crippen molar-refractivity contribution in [2.75, 3.05) is 44.2 Å². The number of quaternary nitrogens is 1. The first-order chi connectivity index (χ1) is 24.8. The van der Waals surface area contributed by atoms with Crippen molar-refractivity contribution in [2.45, 2.75) is 43.9 Å². The van der Waals surface area contributed by atoms with Gasteiger partial charge in [-0.15, -0.1) is 28.2 Å². The van der Waals surface area contributed by atoms with E-state index < -0.39 is 52.2 Å². The largest absolute Gasteiger partial charge is 0.504 e. The number of H-pyrrole nitrogens is 1. The van der Waals surface area contributed by atoms with E-state index in [0.29, 0.717) is 29.0 Å². The zero-order valence-electron chi connectivity index (χ0n) is 27.9. The molecule has 1 aromatic carbocycles. The fraction of sp³-hybridized carbons (Fsp3) is 0.433. The molecule has 5 heterocycles. The van der Waals surface area contributed by atoms with Gasteiger partial charge in [-0.25, -0.2) is 14.5 Å². The van der Waals surface area contributed by atoms with Crippen molar-refractivity contribution in [2.24, 2.45) is 5.16 Å². The number of carbonyl (C=O) groups is 4. The van der Waals surface area contributed by atoms with Gasteiger partial charge in [-0.05, 0) is 22.6 Å². The Balaban J connectivity index is 1.19. The lowest BCUT2D eigenvalue weighted by Crippen LogP contribution is -2.70. The number of likely N-dealkylation sites (tertiary alicyclic amines) is 1. The Morgan fingerprint density at radius 1 is 1.29 bits per heavy atom. The highest BCUT2D eigenvalue weighted by atomic mass is 32.2. The van der Waals surface area contributed by atoms with Crippen molar-refractivity contribution in [3.63, 3.8) is 0 Å². The zero-order chi connectivity index (χ0) is 37.2. The number of amides is 3. The highest BCUT2D eigenvalue weighted by Gasteiger charge is 2.54. The number of thioether (sulfide) groups is 1. The number of aromatic nitrogens is 5. The summed E-state index contributed by atoms with van der Waals surface area (Å²) in [6, 6.07) is 0.887. The molecule has 0 spiro atoms. The quantitative estimate of drug-likeness (QED) is 0.0245. The van der Waals surface area contributed by atoms with Crippen molar-refractivity contribution >= 4 is 63.8 Å². The highest BCUT2D eigenvalue weighted by Crippen LogP contribution is 2.44. The molecule has 0 unspecified atom stereocenters. The fourth-order valence-electron chi connectivity index (χ4n) is 6.29. The van der Waals surface area contributed by atoms with Crippen LogP contribution in [-0.4, -0.2) is 131 Å². The van der Waals surface area contributed by atoms with Gasteiger partial charge >= 0.3 is 0 Å². The number of nitrogens with two attached hydrogens (primary N) is 1. The molecule has 2 aromatic heterocycles. The summed E-state index contributed by atoms with van der Waals surface area (Å²) in [6.45, 7) is 5.89. The molecule has 0 aliphatic carbocycles. The highest BCUT2D eigenvalue weighted by molar-refractivity contribution is 8.00. The van der Waals surface area contributed by atoms with Gasteiger partial charge in [0.2, 0.25) is 0 Å². The lowest BCUT2D eigenvalue weighted by atomic mass is 10.0. The van der Waals surface area contributed by atoms with Crippen LogP contribution in [0, 0.1) is 5.82 Å². The van der Waals surface area contributed by atoms with E-state index in [4.69, 9.17) is 15.3 Å². The minimum atomic E-state index is -1.50. The van der Waals surface area contributed by atoms with E-state index in [9.17, 15) is 33.8 Å². The Morgan fingerprint density at radius 3 is 2.71 bits per heavy atom. The number of hydrogen-bond acceptors (Lipinski definition) is 16. The van der Waals surface area contributed by atoms with Gasteiger partial charge in [0.25, 0.3) is 30.0 Å². The Morgan fingerprint density at radius 2 is 2.06 bits per heavy atom. The van der Waals surface area contributed by atoms with Gasteiger partial charge in [-0.2, -0.15) is 0 Å². The molecule has 3 aliphatic rings. The number of nitrogens with zero attached hydrogens (tertiary/aromatic N) is 7. The number of β-lactam (4-membered cyclic amide) rings is 1. The van der Waals surface area contributed by atoms with E-state index in [2.05, 4.69) is 41.4 Å². The molecule has 22 heteroatoms. The molecule has 0 saturated carbocycles. The molecule has 276 valence electrons. The number of hydrogen-bond donors (Lipinski definition) is 6. The lowest BCUT2D eigenvalue weighted by Gasteiger charge is -2.50. The molecule has 3 aliphatic heterocycles. The molecule has 6 rings (SSSR count).